The number of carbonyl (C=O) groups is 3. The Morgan fingerprint density at radius 1 is 1.17 bits per heavy atom. The zero-order valence-corrected chi connectivity index (χ0v) is 17.3. The Morgan fingerprint density at radius 3 is 2.73 bits per heavy atom. The number of anilines is 2. The molecular weight excluding hydrogens is 412 g/mol. The van der Waals surface area contributed by atoms with Gasteiger partial charge in [0.25, 0.3) is 5.91 Å². The first-order valence-electron chi connectivity index (χ1n) is 9.21. The van der Waals surface area contributed by atoms with Gasteiger partial charge in [0.1, 0.15) is 11.5 Å². The number of hydrogen-bond acceptors (Lipinski definition) is 6. The van der Waals surface area contributed by atoms with Crippen LogP contribution < -0.4 is 20.1 Å². The summed E-state index contributed by atoms with van der Waals surface area (Å²) >= 11 is 6.04. The van der Waals surface area contributed by atoms with Crippen molar-refractivity contribution in [2.75, 3.05) is 31.0 Å². The molecule has 0 bridgehead atoms. The summed E-state index contributed by atoms with van der Waals surface area (Å²) < 4.78 is 15.6. The van der Waals surface area contributed by atoms with Crippen LogP contribution in [0, 0.1) is 6.92 Å². The lowest BCUT2D eigenvalue weighted by Gasteiger charge is -2.17. The molecule has 0 spiro atoms. The molecule has 2 aromatic rings. The van der Waals surface area contributed by atoms with E-state index < -0.39 is 18.5 Å². The van der Waals surface area contributed by atoms with Gasteiger partial charge in [0.15, 0.2) is 13.2 Å². The first kappa shape index (κ1) is 21.4. The standard InChI is InChI=1S/C21H21ClN2O6/c1-12-7-17(18(28-2)9-15(12)22)24-20(26)10-30-21(27)11-29-14-4-5-16-13(8-14)3-6-19(25)23-16/h4-5,7-9H,3,6,10-11H2,1-2H3,(H,23,25)(H,24,26). The van der Waals surface area contributed by atoms with Crippen molar-refractivity contribution in [1.29, 1.82) is 0 Å². The Hall–Kier alpha value is -3.26. The lowest BCUT2D eigenvalue weighted by Crippen LogP contribution is -2.24. The summed E-state index contributed by atoms with van der Waals surface area (Å²) in [4.78, 5) is 35.4. The quantitative estimate of drug-likeness (QED) is 0.652. The fourth-order valence-corrected chi connectivity index (χ4v) is 3.05. The SMILES string of the molecule is COc1cc(Cl)c(C)cc1NC(=O)COC(=O)COc1ccc2c(c1)CCC(=O)N2. The summed E-state index contributed by atoms with van der Waals surface area (Å²) in [5.41, 5.74) is 2.87. The number of rotatable bonds is 7. The van der Waals surface area contributed by atoms with Gasteiger partial charge >= 0.3 is 5.97 Å². The van der Waals surface area contributed by atoms with E-state index in [4.69, 9.17) is 25.8 Å². The summed E-state index contributed by atoms with van der Waals surface area (Å²) in [5.74, 6) is -0.349. The van der Waals surface area contributed by atoms with Crippen LogP contribution in [-0.2, 0) is 25.5 Å². The van der Waals surface area contributed by atoms with Crippen LogP contribution >= 0.6 is 11.6 Å². The van der Waals surface area contributed by atoms with E-state index in [1.54, 1.807) is 37.3 Å². The van der Waals surface area contributed by atoms with E-state index in [1.807, 2.05) is 0 Å². The maximum atomic E-state index is 12.1. The van der Waals surface area contributed by atoms with Gasteiger partial charge in [-0.25, -0.2) is 4.79 Å². The number of esters is 1. The molecule has 0 radical (unpaired) electrons. The lowest BCUT2D eigenvalue weighted by atomic mass is 10.0. The van der Waals surface area contributed by atoms with E-state index in [-0.39, 0.29) is 12.5 Å². The largest absolute Gasteiger partial charge is 0.495 e. The monoisotopic (exact) mass is 432 g/mol. The highest BCUT2D eigenvalue weighted by Crippen LogP contribution is 2.31. The summed E-state index contributed by atoms with van der Waals surface area (Å²) in [7, 11) is 1.46. The second-order valence-corrected chi connectivity index (χ2v) is 7.07. The highest BCUT2D eigenvalue weighted by molar-refractivity contribution is 6.31. The van der Waals surface area contributed by atoms with E-state index in [9.17, 15) is 14.4 Å². The highest BCUT2D eigenvalue weighted by atomic mass is 35.5. The average Bonchev–Trinajstić information content (AvgIpc) is 2.73. The number of amides is 2. The van der Waals surface area contributed by atoms with Gasteiger partial charge in [0, 0.05) is 23.2 Å². The topological polar surface area (TPSA) is 103 Å². The number of methoxy groups -OCH3 is 1. The Bertz CT molecular complexity index is 992. The fraction of sp³-hybridized carbons (Fsp3) is 0.286. The van der Waals surface area contributed by atoms with Crippen LogP contribution in [0.1, 0.15) is 17.5 Å². The van der Waals surface area contributed by atoms with Gasteiger partial charge in [-0.3, -0.25) is 9.59 Å². The third-order valence-corrected chi connectivity index (χ3v) is 4.86. The number of halogens is 1. The van der Waals surface area contributed by atoms with Crippen LogP contribution in [0.15, 0.2) is 30.3 Å². The number of nitrogens with one attached hydrogen (secondary N) is 2. The third-order valence-electron chi connectivity index (χ3n) is 4.45. The van der Waals surface area contributed by atoms with Gasteiger partial charge in [-0.05, 0) is 48.7 Å². The zero-order valence-electron chi connectivity index (χ0n) is 16.5. The molecule has 0 atom stereocenters. The molecule has 2 amide bonds. The summed E-state index contributed by atoms with van der Waals surface area (Å²) in [6.07, 6.45) is 1.02. The average molecular weight is 433 g/mol. The number of carbonyl (C=O) groups excluding carboxylic acids is 3. The van der Waals surface area contributed by atoms with Gasteiger partial charge in [-0.15, -0.1) is 0 Å². The molecule has 0 saturated carbocycles. The molecule has 1 heterocycles. The molecule has 2 aromatic carbocycles. The molecule has 0 fully saturated rings. The van der Waals surface area contributed by atoms with Gasteiger partial charge in [-0.1, -0.05) is 11.6 Å². The number of benzene rings is 2. The second-order valence-electron chi connectivity index (χ2n) is 6.67. The number of aryl methyl sites for hydroxylation is 2. The van der Waals surface area contributed by atoms with E-state index in [0.29, 0.717) is 35.1 Å². The summed E-state index contributed by atoms with van der Waals surface area (Å²) in [5, 5.41) is 5.91. The van der Waals surface area contributed by atoms with Crippen molar-refractivity contribution in [3.8, 4) is 11.5 Å². The molecule has 0 aliphatic carbocycles. The van der Waals surface area contributed by atoms with Crippen LogP contribution in [0.2, 0.25) is 5.02 Å². The maximum absolute atomic E-state index is 12.1. The number of ether oxygens (including phenoxy) is 3. The molecule has 3 rings (SSSR count). The minimum atomic E-state index is -0.685. The molecule has 2 N–H and O–H groups in total. The van der Waals surface area contributed by atoms with Crippen LogP contribution in [-0.4, -0.2) is 38.1 Å². The zero-order chi connectivity index (χ0) is 21.7. The summed E-state index contributed by atoms with van der Waals surface area (Å²) in [6.45, 7) is 0.981. The molecule has 30 heavy (non-hydrogen) atoms. The third kappa shape index (κ3) is 5.42. The number of hydrogen-bond donors (Lipinski definition) is 2. The molecular formula is C21H21ClN2O6. The first-order valence-corrected chi connectivity index (χ1v) is 9.58. The predicted molar refractivity (Wildman–Crippen MR) is 111 cm³/mol. The Kier molecular flexibility index (Phi) is 6.79. The van der Waals surface area contributed by atoms with Crippen molar-refractivity contribution in [3.05, 3.63) is 46.5 Å². The van der Waals surface area contributed by atoms with Crippen LogP contribution in [0.5, 0.6) is 11.5 Å². The fourth-order valence-electron chi connectivity index (χ4n) is 2.90. The van der Waals surface area contributed by atoms with Crippen LogP contribution in [0.25, 0.3) is 0 Å². The maximum Gasteiger partial charge on any atom is 0.344 e. The van der Waals surface area contributed by atoms with E-state index in [1.165, 1.54) is 7.11 Å². The molecule has 1 aliphatic heterocycles. The number of fused-ring (bicyclic) bond motifs is 1. The Balaban J connectivity index is 1.47. The molecule has 158 valence electrons. The minimum absolute atomic E-state index is 0.0237. The second kappa shape index (κ2) is 9.49. The molecule has 0 saturated heterocycles. The van der Waals surface area contributed by atoms with Crippen molar-refractivity contribution in [3.63, 3.8) is 0 Å². The normalized spacial score (nSPS) is 12.4. The Labute approximate surface area is 178 Å². The van der Waals surface area contributed by atoms with Crippen LogP contribution in [0.3, 0.4) is 0 Å². The van der Waals surface area contributed by atoms with Crippen molar-refractivity contribution >= 4 is 40.8 Å². The van der Waals surface area contributed by atoms with Gasteiger partial charge in [-0.2, -0.15) is 0 Å². The predicted octanol–water partition coefficient (Wildman–Crippen LogP) is 3.10. The van der Waals surface area contributed by atoms with Crippen molar-refractivity contribution in [2.45, 2.75) is 19.8 Å². The van der Waals surface area contributed by atoms with Gasteiger partial charge in [0.05, 0.1) is 12.8 Å². The van der Waals surface area contributed by atoms with Crippen molar-refractivity contribution < 1.29 is 28.6 Å². The Morgan fingerprint density at radius 2 is 1.97 bits per heavy atom. The van der Waals surface area contributed by atoms with E-state index >= 15 is 0 Å². The van der Waals surface area contributed by atoms with E-state index in [2.05, 4.69) is 10.6 Å². The van der Waals surface area contributed by atoms with E-state index in [0.717, 1.165) is 16.8 Å². The molecule has 1 aliphatic rings. The summed E-state index contributed by atoms with van der Waals surface area (Å²) in [6, 6.07) is 8.41. The van der Waals surface area contributed by atoms with Gasteiger partial charge < -0.3 is 24.8 Å². The molecule has 0 unspecified atom stereocenters. The molecule has 0 aromatic heterocycles. The smallest absolute Gasteiger partial charge is 0.344 e. The first-order chi connectivity index (χ1) is 14.4. The van der Waals surface area contributed by atoms with Crippen molar-refractivity contribution in [2.24, 2.45) is 0 Å². The molecule has 9 heteroatoms. The van der Waals surface area contributed by atoms with Gasteiger partial charge in [0.2, 0.25) is 5.91 Å². The minimum Gasteiger partial charge on any atom is -0.495 e. The molecule has 8 nitrogen and oxygen atoms in total. The van der Waals surface area contributed by atoms with Crippen LogP contribution in [0.4, 0.5) is 11.4 Å². The van der Waals surface area contributed by atoms with Crippen molar-refractivity contribution in [1.82, 2.24) is 0 Å². The lowest BCUT2D eigenvalue weighted by molar-refractivity contribution is -0.149. The highest BCUT2D eigenvalue weighted by Gasteiger charge is 2.16.